The Balaban J connectivity index is 0.958. The molecule has 0 aliphatic heterocycles. The van der Waals surface area contributed by atoms with Crippen LogP contribution in [0.25, 0.3) is 55.6 Å². The number of hydrogen-bond donors (Lipinski definition) is 0. The van der Waals surface area contributed by atoms with Gasteiger partial charge in [-0.15, -0.1) is 0 Å². The normalized spacial score (nSPS) is 11.0. The van der Waals surface area contributed by atoms with Gasteiger partial charge in [0.25, 0.3) is 0 Å². The summed E-state index contributed by atoms with van der Waals surface area (Å²) in [5.41, 5.74) is 21.1. The molecule has 0 heterocycles. The zero-order valence-corrected chi connectivity index (χ0v) is 36.1. The van der Waals surface area contributed by atoms with Gasteiger partial charge in [0.05, 0.1) is 0 Å². The topological polar surface area (TPSA) is 6.48 Å². The van der Waals surface area contributed by atoms with Crippen molar-refractivity contribution < 1.29 is 0 Å². The molecule has 306 valence electrons. The van der Waals surface area contributed by atoms with Crippen LogP contribution in [0.15, 0.2) is 255 Å². The van der Waals surface area contributed by atoms with E-state index >= 15 is 0 Å². The highest BCUT2D eigenvalue weighted by molar-refractivity contribution is 5.83. The number of hydrogen-bond acceptors (Lipinski definition) is 2. The van der Waals surface area contributed by atoms with E-state index in [-0.39, 0.29) is 0 Å². The van der Waals surface area contributed by atoms with Crippen molar-refractivity contribution in [1.82, 2.24) is 0 Å². The molecular weight excluding hydrogens is 773 g/mol. The maximum Gasteiger partial charge on any atom is 0.0462 e. The van der Waals surface area contributed by atoms with Crippen LogP contribution in [0.2, 0.25) is 0 Å². The fourth-order valence-corrected chi connectivity index (χ4v) is 8.47. The first kappa shape index (κ1) is 39.9. The summed E-state index contributed by atoms with van der Waals surface area (Å²) in [6.45, 7) is 4.25. The zero-order valence-electron chi connectivity index (χ0n) is 36.1. The quantitative estimate of drug-likeness (QED) is 0.128. The molecule has 0 aromatic heterocycles. The second-order valence-corrected chi connectivity index (χ2v) is 16.4. The summed E-state index contributed by atoms with van der Waals surface area (Å²) < 4.78 is 0. The van der Waals surface area contributed by atoms with Gasteiger partial charge in [-0.3, -0.25) is 0 Å². The summed E-state index contributed by atoms with van der Waals surface area (Å²) in [7, 11) is 0. The third-order valence-corrected chi connectivity index (χ3v) is 12.1. The average Bonchev–Trinajstić information content (AvgIpc) is 3.37. The van der Waals surface area contributed by atoms with Crippen LogP contribution in [-0.2, 0) is 0 Å². The van der Waals surface area contributed by atoms with Crippen molar-refractivity contribution in [3.05, 3.63) is 266 Å². The Morgan fingerprint density at radius 1 is 0.172 bits per heavy atom. The van der Waals surface area contributed by atoms with Gasteiger partial charge in [-0.2, -0.15) is 0 Å². The predicted octanol–water partition coefficient (Wildman–Crippen LogP) is 17.6. The molecule has 0 radical (unpaired) electrons. The van der Waals surface area contributed by atoms with Crippen molar-refractivity contribution in [2.24, 2.45) is 0 Å². The first-order valence-electron chi connectivity index (χ1n) is 22.0. The van der Waals surface area contributed by atoms with Crippen LogP contribution in [0.4, 0.5) is 34.1 Å². The van der Waals surface area contributed by atoms with E-state index in [4.69, 9.17) is 0 Å². The minimum absolute atomic E-state index is 1.09. The smallest absolute Gasteiger partial charge is 0.0462 e. The second kappa shape index (κ2) is 18.0. The van der Waals surface area contributed by atoms with Gasteiger partial charge >= 0.3 is 0 Å². The minimum Gasteiger partial charge on any atom is -0.311 e. The lowest BCUT2D eigenvalue weighted by Crippen LogP contribution is -2.10. The summed E-state index contributed by atoms with van der Waals surface area (Å²) in [6.07, 6.45) is 0. The molecule has 0 saturated carbocycles. The first-order chi connectivity index (χ1) is 31.5. The van der Waals surface area contributed by atoms with Gasteiger partial charge in [-0.05, 0) is 142 Å². The average molecular weight is 821 g/mol. The molecule has 0 atom stereocenters. The summed E-state index contributed by atoms with van der Waals surface area (Å²) in [5, 5.41) is 0. The standard InChI is InChI=1S/C62H48N2/c1-45-13-17-49(18-14-45)53-25-37-59(38-26-53)63(57-33-21-51(22-34-57)47-9-5-3-6-10-47)61-41-29-55(30-42-61)56-31-43-62(44-32-56)64(58-35-23-52(24-36-58)48-11-7-4-8-12-48)60-39-27-54(28-40-60)50-19-15-46(2)16-20-50/h3-44H,1-2H3. The molecule has 64 heavy (non-hydrogen) atoms. The number of rotatable bonds is 11. The van der Waals surface area contributed by atoms with Gasteiger partial charge in [0.1, 0.15) is 0 Å². The molecular formula is C62H48N2. The first-order valence-corrected chi connectivity index (χ1v) is 22.0. The van der Waals surface area contributed by atoms with E-state index < -0.39 is 0 Å². The summed E-state index contributed by atoms with van der Waals surface area (Å²) in [5.74, 6) is 0. The molecule has 10 rings (SSSR count). The van der Waals surface area contributed by atoms with Crippen LogP contribution in [0.3, 0.4) is 0 Å². The van der Waals surface area contributed by atoms with Crippen molar-refractivity contribution in [2.75, 3.05) is 9.80 Å². The lowest BCUT2D eigenvalue weighted by Gasteiger charge is -2.27. The van der Waals surface area contributed by atoms with Gasteiger partial charge < -0.3 is 9.80 Å². The maximum absolute atomic E-state index is 2.34. The van der Waals surface area contributed by atoms with E-state index in [1.54, 1.807) is 0 Å². The zero-order chi connectivity index (χ0) is 43.2. The number of nitrogens with zero attached hydrogens (tertiary/aromatic N) is 2. The van der Waals surface area contributed by atoms with Gasteiger partial charge in [-0.25, -0.2) is 0 Å². The van der Waals surface area contributed by atoms with E-state index in [0.29, 0.717) is 0 Å². The molecule has 0 fully saturated rings. The van der Waals surface area contributed by atoms with Crippen molar-refractivity contribution >= 4 is 34.1 Å². The van der Waals surface area contributed by atoms with Crippen LogP contribution in [0, 0.1) is 13.8 Å². The Bertz CT molecular complexity index is 2850. The van der Waals surface area contributed by atoms with Gasteiger partial charge in [0, 0.05) is 34.1 Å². The van der Waals surface area contributed by atoms with Crippen molar-refractivity contribution in [2.45, 2.75) is 13.8 Å². The second-order valence-electron chi connectivity index (χ2n) is 16.4. The van der Waals surface area contributed by atoms with E-state index in [9.17, 15) is 0 Å². The monoisotopic (exact) mass is 820 g/mol. The molecule has 2 nitrogen and oxygen atoms in total. The summed E-state index contributed by atoms with van der Waals surface area (Å²) in [6, 6.07) is 92.0. The molecule has 0 N–H and O–H groups in total. The number of anilines is 6. The van der Waals surface area contributed by atoms with Crippen LogP contribution in [0.5, 0.6) is 0 Å². The van der Waals surface area contributed by atoms with Crippen LogP contribution >= 0.6 is 0 Å². The van der Waals surface area contributed by atoms with E-state index in [1.807, 2.05) is 0 Å². The molecule has 0 aliphatic rings. The Morgan fingerprint density at radius 2 is 0.328 bits per heavy atom. The maximum atomic E-state index is 2.34. The SMILES string of the molecule is Cc1ccc(-c2ccc(N(c3ccc(-c4ccccc4)cc3)c3ccc(-c4ccc(N(c5ccc(-c6ccccc6)cc5)c5ccc(-c6ccc(C)cc6)cc5)cc4)cc3)cc2)cc1. The fourth-order valence-electron chi connectivity index (χ4n) is 8.47. The lowest BCUT2D eigenvalue weighted by atomic mass is 10.0. The molecule has 0 saturated heterocycles. The highest BCUT2D eigenvalue weighted by Crippen LogP contribution is 2.40. The third-order valence-electron chi connectivity index (χ3n) is 12.1. The minimum atomic E-state index is 1.09. The molecule has 10 aromatic rings. The van der Waals surface area contributed by atoms with Crippen molar-refractivity contribution in [3.63, 3.8) is 0 Å². The predicted molar refractivity (Wildman–Crippen MR) is 272 cm³/mol. The highest BCUT2D eigenvalue weighted by atomic mass is 15.1. The molecule has 0 spiro atoms. The van der Waals surface area contributed by atoms with Crippen LogP contribution in [-0.4, -0.2) is 0 Å². The van der Waals surface area contributed by atoms with Crippen LogP contribution in [0.1, 0.15) is 11.1 Å². The molecule has 2 heteroatoms. The van der Waals surface area contributed by atoms with Crippen LogP contribution < -0.4 is 9.80 Å². The largest absolute Gasteiger partial charge is 0.311 e. The summed E-state index contributed by atoms with van der Waals surface area (Å²) >= 11 is 0. The molecule has 10 aromatic carbocycles. The Labute approximate surface area is 377 Å². The van der Waals surface area contributed by atoms with E-state index in [0.717, 1.165) is 45.3 Å². The number of aryl methyl sites for hydroxylation is 2. The molecule has 0 aliphatic carbocycles. The number of benzene rings is 10. The van der Waals surface area contributed by atoms with Gasteiger partial charge in [0.15, 0.2) is 0 Å². The van der Waals surface area contributed by atoms with Gasteiger partial charge in [-0.1, -0.05) is 193 Å². The third kappa shape index (κ3) is 8.63. The van der Waals surface area contributed by atoms with E-state index in [1.165, 1.54) is 55.6 Å². The van der Waals surface area contributed by atoms with Gasteiger partial charge in [0.2, 0.25) is 0 Å². The van der Waals surface area contributed by atoms with Crippen molar-refractivity contribution in [1.29, 1.82) is 0 Å². The summed E-state index contributed by atoms with van der Waals surface area (Å²) in [4.78, 5) is 4.68. The highest BCUT2D eigenvalue weighted by Gasteiger charge is 2.16. The molecule has 0 bridgehead atoms. The Morgan fingerprint density at radius 3 is 0.516 bits per heavy atom. The Hall–Kier alpha value is -8.20. The fraction of sp³-hybridized carbons (Fsp3) is 0.0323. The van der Waals surface area contributed by atoms with E-state index in [2.05, 4.69) is 278 Å². The van der Waals surface area contributed by atoms with Crippen molar-refractivity contribution in [3.8, 4) is 55.6 Å². The lowest BCUT2D eigenvalue weighted by molar-refractivity contribution is 1.28. The Kier molecular flexibility index (Phi) is 11.2. The molecule has 0 unspecified atom stereocenters. The molecule has 0 amide bonds.